The zero-order valence-electron chi connectivity index (χ0n) is 17.2. The molecule has 0 saturated carbocycles. The molecule has 2 heterocycles. The van der Waals surface area contributed by atoms with Crippen LogP contribution < -0.4 is 10.6 Å². The quantitative estimate of drug-likeness (QED) is 0.352. The molecule has 0 atom stereocenters. The third kappa shape index (κ3) is 6.01. The molecule has 4 aromatic rings. The number of carbonyl (C=O) groups is 2. The van der Waals surface area contributed by atoms with Gasteiger partial charge in [0.2, 0.25) is 5.91 Å². The summed E-state index contributed by atoms with van der Waals surface area (Å²) in [5.74, 6) is 0.416. The maximum Gasteiger partial charge on any atom is 0.251 e. The number of halogens is 2. The number of fused-ring (bicyclic) bond motifs is 1. The Kier molecular flexibility index (Phi) is 7.43. The van der Waals surface area contributed by atoms with Crippen LogP contribution >= 0.6 is 35.0 Å². The number of hydrogen-bond donors (Lipinski definition) is 2. The van der Waals surface area contributed by atoms with Crippen LogP contribution in [0.3, 0.4) is 0 Å². The number of aromatic nitrogens is 4. The molecule has 8 nitrogen and oxygen atoms in total. The highest BCUT2D eigenvalue weighted by Crippen LogP contribution is 2.25. The van der Waals surface area contributed by atoms with E-state index in [4.69, 9.17) is 23.2 Å². The van der Waals surface area contributed by atoms with Crippen molar-refractivity contribution in [3.8, 4) is 0 Å². The van der Waals surface area contributed by atoms with Crippen LogP contribution in [-0.2, 0) is 11.2 Å². The highest BCUT2D eigenvalue weighted by molar-refractivity contribution is 7.99. The molecule has 0 fully saturated rings. The van der Waals surface area contributed by atoms with E-state index in [1.54, 1.807) is 47.0 Å². The SMILES string of the molecule is O=C(CSc1ccc2nnc(CCNC(=O)c3ccccc3)n2n1)Nc1ccc(Cl)c(Cl)c1. The Bertz CT molecular complexity index is 1300. The topological polar surface area (TPSA) is 101 Å². The monoisotopic (exact) mass is 500 g/mol. The fraction of sp³-hybridized carbons (Fsp3) is 0.136. The lowest BCUT2D eigenvalue weighted by Crippen LogP contribution is -2.26. The van der Waals surface area contributed by atoms with Gasteiger partial charge in [0.1, 0.15) is 5.03 Å². The second-order valence-corrected chi connectivity index (χ2v) is 8.71. The molecule has 0 aliphatic heterocycles. The van der Waals surface area contributed by atoms with Crippen LogP contribution in [0, 0.1) is 0 Å². The van der Waals surface area contributed by atoms with E-state index in [1.807, 2.05) is 18.2 Å². The van der Waals surface area contributed by atoms with Gasteiger partial charge in [0.15, 0.2) is 11.5 Å². The summed E-state index contributed by atoms with van der Waals surface area (Å²) in [7, 11) is 0. The van der Waals surface area contributed by atoms with Gasteiger partial charge < -0.3 is 10.6 Å². The minimum absolute atomic E-state index is 0.151. The van der Waals surface area contributed by atoms with E-state index in [2.05, 4.69) is 25.9 Å². The van der Waals surface area contributed by atoms with E-state index in [9.17, 15) is 9.59 Å². The summed E-state index contributed by atoms with van der Waals surface area (Å²) in [6, 6.07) is 17.5. The van der Waals surface area contributed by atoms with E-state index in [-0.39, 0.29) is 17.6 Å². The number of carbonyl (C=O) groups excluding carboxylic acids is 2. The maximum absolute atomic E-state index is 12.3. The van der Waals surface area contributed by atoms with Gasteiger partial charge in [0, 0.05) is 24.2 Å². The first-order valence-electron chi connectivity index (χ1n) is 9.92. The number of benzene rings is 2. The fourth-order valence-corrected chi connectivity index (χ4v) is 3.89. The third-order valence-electron chi connectivity index (χ3n) is 4.53. The predicted molar refractivity (Wildman–Crippen MR) is 129 cm³/mol. The van der Waals surface area contributed by atoms with Crippen LogP contribution in [0.2, 0.25) is 10.0 Å². The van der Waals surface area contributed by atoms with Crippen LogP contribution in [0.4, 0.5) is 5.69 Å². The molecule has 2 aromatic heterocycles. The molecule has 33 heavy (non-hydrogen) atoms. The molecule has 0 unspecified atom stereocenters. The number of rotatable bonds is 8. The van der Waals surface area contributed by atoms with Crippen LogP contribution in [0.15, 0.2) is 65.7 Å². The van der Waals surface area contributed by atoms with Gasteiger partial charge in [-0.1, -0.05) is 53.2 Å². The molecule has 0 aliphatic rings. The first-order valence-corrected chi connectivity index (χ1v) is 11.7. The van der Waals surface area contributed by atoms with Gasteiger partial charge in [-0.3, -0.25) is 9.59 Å². The van der Waals surface area contributed by atoms with Crippen molar-refractivity contribution in [2.24, 2.45) is 0 Å². The fourth-order valence-electron chi connectivity index (χ4n) is 2.94. The van der Waals surface area contributed by atoms with Crippen LogP contribution in [0.1, 0.15) is 16.2 Å². The summed E-state index contributed by atoms with van der Waals surface area (Å²) in [6.07, 6.45) is 0.457. The number of nitrogens with zero attached hydrogens (tertiary/aromatic N) is 4. The third-order valence-corrected chi connectivity index (χ3v) is 6.19. The van der Waals surface area contributed by atoms with E-state index in [0.29, 0.717) is 50.8 Å². The molecule has 0 saturated heterocycles. The van der Waals surface area contributed by atoms with E-state index < -0.39 is 0 Å². The Labute approximate surface area is 203 Å². The van der Waals surface area contributed by atoms with Crippen molar-refractivity contribution in [3.63, 3.8) is 0 Å². The molecule has 0 aliphatic carbocycles. The Morgan fingerprint density at radius 1 is 0.970 bits per heavy atom. The minimum Gasteiger partial charge on any atom is -0.352 e. The highest BCUT2D eigenvalue weighted by atomic mass is 35.5. The Balaban J connectivity index is 1.33. The average molecular weight is 501 g/mol. The smallest absolute Gasteiger partial charge is 0.251 e. The normalized spacial score (nSPS) is 10.8. The Morgan fingerprint density at radius 3 is 2.58 bits per heavy atom. The molecular weight excluding hydrogens is 483 g/mol. The first kappa shape index (κ1) is 23.0. The average Bonchev–Trinajstić information content (AvgIpc) is 3.23. The summed E-state index contributed by atoms with van der Waals surface area (Å²) < 4.78 is 1.62. The zero-order chi connectivity index (χ0) is 23.2. The van der Waals surface area contributed by atoms with Crippen molar-refractivity contribution in [1.29, 1.82) is 0 Å². The van der Waals surface area contributed by atoms with E-state index >= 15 is 0 Å². The van der Waals surface area contributed by atoms with Crippen LogP contribution in [0.5, 0.6) is 0 Å². The number of amides is 2. The van der Waals surface area contributed by atoms with Crippen molar-refractivity contribution >= 4 is 58.1 Å². The van der Waals surface area contributed by atoms with Gasteiger partial charge in [0.25, 0.3) is 5.91 Å². The lowest BCUT2D eigenvalue weighted by molar-refractivity contribution is -0.113. The van der Waals surface area contributed by atoms with Crippen molar-refractivity contribution in [2.45, 2.75) is 11.4 Å². The predicted octanol–water partition coefficient (Wildman–Crippen LogP) is 4.13. The van der Waals surface area contributed by atoms with Crippen molar-refractivity contribution in [3.05, 3.63) is 82.1 Å². The highest BCUT2D eigenvalue weighted by Gasteiger charge is 2.11. The van der Waals surface area contributed by atoms with E-state index in [1.165, 1.54) is 11.8 Å². The molecule has 11 heteroatoms. The van der Waals surface area contributed by atoms with Gasteiger partial charge in [0.05, 0.1) is 15.8 Å². The number of hydrogen-bond acceptors (Lipinski definition) is 6. The maximum atomic E-state index is 12.3. The lowest BCUT2D eigenvalue weighted by atomic mass is 10.2. The summed E-state index contributed by atoms with van der Waals surface area (Å²) in [5, 5.41) is 19.9. The molecule has 2 amide bonds. The second kappa shape index (κ2) is 10.7. The standard InChI is InChI=1S/C22H18Cl2N6O2S/c23-16-7-6-15(12-17(16)24)26-20(31)13-33-21-9-8-18-27-28-19(30(18)29-21)10-11-25-22(32)14-4-2-1-3-5-14/h1-9,12H,10-11,13H2,(H,25,32)(H,26,31). The van der Waals surface area contributed by atoms with E-state index in [0.717, 1.165) is 0 Å². The summed E-state index contributed by atoms with van der Waals surface area (Å²) >= 11 is 13.2. The summed E-state index contributed by atoms with van der Waals surface area (Å²) in [5.41, 5.74) is 1.75. The van der Waals surface area contributed by atoms with Gasteiger partial charge in [-0.2, -0.15) is 9.61 Å². The molecule has 0 bridgehead atoms. The van der Waals surface area contributed by atoms with Gasteiger partial charge in [-0.15, -0.1) is 10.2 Å². The molecule has 2 N–H and O–H groups in total. The van der Waals surface area contributed by atoms with Crippen molar-refractivity contribution < 1.29 is 9.59 Å². The number of anilines is 1. The van der Waals surface area contributed by atoms with Gasteiger partial charge >= 0.3 is 0 Å². The van der Waals surface area contributed by atoms with Crippen molar-refractivity contribution in [1.82, 2.24) is 25.1 Å². The van der Waals surface area contributed by atoms with Crippen LogP contribution in [0.25, 0.3) is 5.65 Å². The molecule has 0 spiro atoms. The molecular formula is C22H18Cl2N6O2S. The van der Waals surface area contributed by atoms with Crippen LogP contribution in [-0.4, -0.2) is 43.9 Å². The van der Waals surface area contributed by atoms with Crippen molar-refractivity contribution in [2.75, 3.05) is 17.6 Å². The Hall–Kier alpha value is -3.14. The second-order valence-electron chi connectivity index (χ2n) is 6.90. The van der Waals surface area contributed by atoms with Gasteiger partial charge in [-0.25, -0.2) is 0 Å². The lowest BCUT2D eigenvalue weighted by Gasteiger charge is -2.07. The Morgan fingerprint density at radius 2 is 1.79 bits per heavy atom. The summed E-state index contributed by atoms with van der Waals surface area (Å²) in [6.45, 7) is 0.389. The van der Waals surface area contributed by atoms with Gasteiger partial charge in [-0.05, 0) is 42.5 Å². The molecule has 2 aromatic carbocycles. The molecule has 4 rings (SSSR count). The number of thioether (sulfide) groups is 1. The minimum atomic E-state index is -0.201. The molecule has 168 valence electrons. The largest absolute Gasteiger partial charge is 0.352 e. The zero-order valence-corrected chi connectivity index (χ0v) is 19.5. The molecule has 0 radical (unpaired) electrons. The summed E-state index contributed by atoms with van der Waals surface area (Å²) in [4.78, 5) is 24.5. The first-order chi connectivity index (χ1) is 16.0. The number of nitrogens with one attached hydrogen (secondary N) is 2.